The van der Waals surface area contributed by atoms with Crippen molar-refractivity contribution in [1.29, 1.82) is 0 Å². The van der Waals surface area contributed by atoms with Gasteiger partial charge in [0.15, 0.2) is 0 Å². The van der Waals surface area contributed by atoms with E-state index < -0.39 is 0 Å². The number of halogens is 1. The van der Waals surface area contributed by atoms with Crippen LogP contribution >= 0.6 is 0 Å². The van der Waals surface area contributed by atoms with E-state index in [1.165, 1.54) is 0 Å². The zero-order valence-electron chi connectivity index (χ0n) is 10.7. The van der Waals surface area contributed by atoms with Crippen molar-refractivity contribution in [3.63, 3.8) is 0 Å². The summed E-state index contributed by atoms with van der Waals surface area (Å²) in [5, 5.41) is 0. The molecule has 0 saturated heterocycles. The molecule has 16 heavy (non-hydrogen) atoms. The van der Waals surface area contributed by atoms with Gasteiger partial charge in [-0.15, -0.1) is 0 Å². The summed E-state index contributed by atoms with van der Waals surface area (Å²) in [7, 11) is 0. The lowest BCUT2D eigenvalue weighted by molar-refractivity contribution is 0.349. The summed E-state index contributed by atoms with van der Waals surface area (Å²) in [4.78, 5) is 0. The second-order valence-corrected chi connectivity index (χ2v) is 5.71. The second kappa shape index (κ2) is 4.96. The summed E-state index contributed by atoms with van der Waals surface area (Å²) in [6.45, 7) is 8.33. The Morgan fingerprint density at radius 2 is 1.94 bits per heavy atom. The predicted octanol–water partition coefficient (Wildman–Crippen LogP) is 3.96. The first-order valence-corrected chi connectivity index (χ1v) is 5.81. The third-order valence-electron chi connectivity index (χ3n) is 2.83. The van der Waals surface area contributed by atoms with E-state index in [0.717, 1.165) is 18.4 Å². The molecule has 1 atom stereocenters. The van der Waals surface area contributed by atoms with E-state index in [2.05, 4.69) is 20.8 Å². The van der Waals surface area contributed by atoms with E-state index in [0.29, 0.717) is 5.56 Å². The summed E-state index contributed by atoms with van der Waals surface area (Å²) in [6.07, 6.45) is 1.94. The zero-order chi connectivity index (χ0) is 12.3. The summed E-state index contributed by atoms with van der Waals surface area (Å²) in [6, 6.07) is 5.21. The first kappa shape index (κ1) is 13.2. The molecule has 1 unspecified atom stereocenters. The van der Waals surface area contributed by atoms with Crippen molar-refractivity contribution >= 4 is 0 Å². The van der Waals surface area contributed by atoms with Crippen molar-refractivity contribution in [1.82, 2.24) is 0 Å². The van der Waals surface area contributed by atoms with Gasteiger partial charge in [-0.3, -0.25) is 0 Å². The molecule has 2 N–H and O–H groups in total. The van der Waals surface area contributed by atoms with Crippen molar-refractivity contribution in [2.75, 3.05) is 0 Å². The lowest BCUT2D eigenvalue weighted by atomic mass is 9.87. The molecule has 90 valence electrons. The molecule has 0 aliphatic rings. The molecule has 0 fully saturated rings. The summed E-state index contributed by atoms with van der Waals surface area (Å²) >= 11 is 0. The maximum Gasteiger partial charge on any atom is 0.126 e. The number of hydrogen-bond acceptors (Lipinski definition) is 1. The van der Waals surface area contributed by atoms with E-state index in [-0.39, 0.29) is 17.3 Å². The maximum absolute atomic E-state index is 13.4. The quantitative estimate of drug-likeness (QED) is 0.824. The van der Waals surface area contributed by atoms with Crippen molar-refractivity contribution in [2.24, 2.45) is 11.1 Å². The van der Waals surface area contributed by atoms with Crippen LogP contribution in [0, 0.1) is 18.2 Å². The minimum Gasteiger partial charge on any atom is -0.324 e. The normalized spacial score (nSPS) is 13.9. The largest absolute Gasteiger partial charge is 0.324 e. The van der Waals surface area contributed by atoms with Gasteiger partial charge in [-0.1, -0.05) is 32.9 Å². The Bertz CT molecular complexity index is 352. The molecule has 1 aromatic carbocycles. The average molecular weight is 223 g/mol. The fourth-order valence-corrected chi connectivity index (χ4v) is 1.59. The van der Waals surface area contributed by atoms with Crippen molar-refractivity contribution < 1.29 is 4.39 Å². The summed E-state index contributed by atoms with van der Waals surface area (Å²) in [5.41, 5.74) is 7.90. The average Bonchev–Trinajstić information content (AvgIpc) is 2.17. The van der Waals surface area contributed by atoms with E-state index in [4.69, 9.17) is 5.73 Å². The van der Waals surface area contributed by atoms with Gasteiger partial charge in [-0.25, -0.2) is 4.39 Å². The Balaban J connectivity index is 2.66. The maximum atomic E-state index is 13.4. The van der Waals surface area contributed by atoms with Crippen molar-refractivity contribution in [3.05, 3.63) is 35.1 Å². The SMILES string of the molecule is Cc1ccc(C(N)CCC(C)(C)C)cc1F. The van der Waals surface area contributed by atoms with Gasteiger partial charge in [-0.2, -0.15) is 0 Å². The van der Waals surface area contributed by atoms with Crippen LogP contribution in [0.5, 0.6) is 0 Å². The molecule has 1 rings (SSSR count). The van der Waals surface area contributed by atoms with Gasteiger partial charge in [0.25, 0.3) is 0 Å². The van der Waals surface area contributed by atoms with Gasteiger partial charge in [0.2, 0.25) is 0 Å². The smallest absolute Gasteiger partial charge is 0.126 e. The van der Waals surface area contributed by atoms with Gasteiger partial charge in [-0.05, 0) is 42.4 Å². The van der Waals surface area contributed by atoms with Crippen LogP contribution in [0.25, 0.3) is 0 Å². The van der Waals surface area contributed by atoms with E-state index in [1.54, 1.807) is 19.1 Å². The number of aryl methyl sites for hydroxylation is 1. The standard InChI is InChI=1S/C14H22FN/c1-10-5-6-11(9-12(10)15)13(16)7-8-14(2,3)4/h5-6,9,13H,7-8,16H2,1-4H3. The molecule has 0 aliphatic heterocycles. The highest BCUT2D eigenvalue weighted by molar-refractivity contribution is 5.25. The Morgan fingerprint density at radius 3 is 2.44 bits per heavy atom. The monoisotopic (exact) mass is 223 g/mol. The number of rotatable bonds is 3. The lowest BCUT2D eigenvalue weighted by Gasteiger charge is -2.21. The van der Waals surface area contributed by atoms with E-state index in [9.17, 15) is 4.39 Å². The van der Waals surface area contributed by atoms with E-state index >= 15 is 0 Å². The Labute approximate surface area is 97.9 Å². The predicted molar refractivity (Wildman–Crippen MR) is 66.8 cm³/mol. The van der Waals surface area contributed by atoms with Crippen LogP contribution in [0.2, 0.25) is 0 Å². The molecule has 1 aromatic rings. The van der Waals surface area contributed by atoms with Gasteiger partial charge >= 0.3 is 0 Å². The fraction of sp³-hybridized carbons (Fsp3) is 0.571. The minimum atomic E-state index is -0.163. The number of hydrogen-bond donors (Lipinski definition) is 1. The Hall–Kier alpha value is -0.890. The van der Waals surface area contributed by atoms with Gasteiger partial charge in [0.05, 0.1) is 0 Å². The molecule has 0 saturated carbocycles. The van der Waals surface area contributed by atoms with Crippen LogP contribution in [-0.4, -0.2) is 0 Å². The first-order chi connectivity index (χ1) is 7.29. The second-order valence-electron chi connectivity index (χ2n) is 5.71. The molecule has 0 amide bonds. The van der Waals surface area contributed by atoms with Gasteiger partial charge in [0, 0.05) is 6.04 Å². The fourth-order valence-electron chi connectivity index (χ4n) is 1.59. The highest BCUT2D eigenvalue weighted by Crippen LogP contribution is 2.26. The Kier molecular flexibility index (Phi) is 4.09. The highest BCUT2D eigenvalue weighted by Gasteiger charge is 2.14. The zero-order valence-corrected chi connectivity index (χ0v) is 10.7. The summed E-state index contributed by atoms with van der Waals surface area (Å²) < 4.78 is 13.4. The molecule has 0 aliphatic carbocycles. The topological polar surface area (TPSA) is 26.0 Å². The molecular weight excluding hydrogens is 201 g/mol. The molecule has 0 bridgehead atoms. The van der Waals surface area contributed by atoms with Crippen LogP contribution in [0.3, 0.4) is 0 Å². The van der Waals surface area contributed by atoms with Crippen LogP contribution in [0.4, 0.5) is 4.39 Å². The molecule has 2 heteroatoms. The van der Waals surface area contributed by atoms with Crippen LogP contribution in [0.1, 0.15) is 50.8 Å². The lowest BCUT2D eigenvalue weighted by Crippen LogP contribution is -2.15. The van der Waals surface area contributed by atoms with Gasteiger partial charge < -0.3 is 5.73 Å². The summed E-state index contributed by atoms with van der Waals surface area (Å²) in [5.74, 6) is -0.163. The van der Waals surface area contributed by atoms with Gasteiger partial charge in [0.1, 0.15) is 5.82 Å². The van der Waals surface area contributed by atoms with Crippen LogP contribution < -0.4 is 5.73 Å². The van der Waals surface area contributed by atoms with Crippen LogP contribution in [0.15, 0.2) is 18.2 Å². The molecule has 0 spiro atoms. The number of benzene rings is 1. The Morgan fingerprint density at radius 1 is 1.31 bits per heavy atom. The molecule has 0 heterocycles. The molecule has 0 radical (unpaired) electrons. The third-order valence-corrected chi connectivity index (χ3v) is 2.83. The number of nitrogens with two attached hydrogens (primary N) is 1. The first-order valence-electron chi connectivity index (χ1n) is 5.81. The highest BCUT2D eigenvalue weighted by atomic mass is 19.1. The van der Waals surface area contributed by atoms with Crippen molar-refractivity contribution in [2.45, 2.75) is 46.6 Å². The van der Waals surface area contributed by atoms with E-state index in [1.807, 2.05) is 6.07 Å². The minimum absolute atomic E-state index is 0.0608. The van der Waals surface area contributed by atoms with Crippen LogP contribution in [-0.2, 0) is 0 Å². The molecule has 1 nitrogen and oxygen atoms in total. The molecular formula is C14H22FN. The van der Waals surface area contributed by atoms with Crippen molar-refractivity contribution in [3.8, 4) is 0 Å². The molecule has 0 aromatic heterocycles. The third kappa shape index (κ3) is 3.93.